The van der Waals surface area contributed by atoms with Gasteiger partial charge in [0.1, 0.15) is 6.29 Å². The molecule has 5 heteroatoms. The summed E-state index contributed by atoms with van der Waals surface area (Å²) in [5, 5.41) is 0. The van der Waals surface area contributed by atoms with E-state index in [0.29, 0.717) is 38.0 Å². The molecule has 0 radical (unpaired) electrons. The maximum atomic E-state index is 11.7. The second kappa shape index (κ2) is 6.65. The Balaban J connectivity index is 2.01. The zero-order valence-corrected chi connectivity index (χ0v) is 11.1. The van der Waals surface area contributed by atoms with Crippen LogP contribution < -0.4 is 4.90 Å². The SMILES string of the molecule is O=C/C=C\C(=O)N1CCN(c2ccccc2C=O)CC1. The van der Waals surface area contributed by atoms with Crippen LogP contribution in [0.25, 0.3) is 0 Å². The molecule has 0 aliphatic carbocycles. The van der Waals surface area contributed by atoms with E-state index in [4.69, 9.17) is 0 Å². The van der Waals surface area contributed by atoms with Gasteiger partial charge in [0.25, 0.3) is 0 Å². The van der Waals surface area contributed by atoms with Gasteiger partial charge in [-0.3, -0.25) is 14.4 Å². The molecule has 1 aliphatic heterocycles. The van der Waals surface area contributed by atoms with Gasteiger partial charge in [-0.2, -0.15) is 0 Å². The third-order valence-electron chi connectivity index (χ3n) is 3.31. The highest BCUT2D eigenvalue weighted by Gasteiger charge is 2.20. The molecule has 104 valence electrons. The van der Waals surface area contributed by atoms with Gasteiger partial charge in [0, 0.05) is 43.5 Å². The minimum Gasteiger partial charge on any atom is -0.367 e. The summed E-state index contributed by atoms with van der Waals surface area (Å²) in [6, 6.07) is 7.42. The van der Waals surface area contributed by atoms with Gasteiger partial charge in [-0.1, -0.05) is 12.1 Å². The fraction of sp³-hybridized carbons (Fsp3) is 0.267. The van der Waals surface area contributed by atoms with E-state index < -0.39 is 0 Å². The Bertz CT molecular complexity index is 532. The van der Waals surface area contributed by atoms with Crippen LogP contribution in [0.15, 0.2) is 36.4 Å². The highest BCUT2D eigenvalue weighted by atomic mass is 16.2. The van der Waals surface area contributed by atoms with E-state index >= 15 is 0 Å². The molecule has 0 unspecified atom stereocenters. The number of amides is 1. The molecule has 0 spiro atoms. The van der Waals surface area contributed by atoms with Crippen LogP contribution in [0.3, 0.4) is 0 Å². The summed E-state index contributed by atoms with van der Waals surface area (Å²) >= 11 is 0. The molecule has 0 N–H and O–H groups in total. The van der Waals surface area contributed by atoms with Crippen molar-refractivity contribution in [2.24, 2.45) is 0 Å². The highest BCUT2D eigenvalue weighted by molar-refractivity contribution is 5.91. The summed E-state index contributed by atoms with van der Waals surface area (Å²) < 4.78 is 0. The number of hydrogen-bond donors (Lipinski definition) is 0. The maximum Gasteiger partial charge on any atom is 0.246 e. The number of carbonyl (C=O) groups excluding carboxylic acids is 3. The van der Waals surface area contributed by atoms with Crippen molar-refractivity contribution < 1.29 is 14.4 Å². The minimum atomic E-state index is -0.152. The molecule has 5 nitrogen and oxygen atoms in total. The first-order chi connectivity index (χ1) is 9.76. The van der Waals surface area contributed by atoms with Gasteiger partial charge in [0.15, 0.2) is 6.29 Å². The molecule has 0 bridgehead atoms. The fourth-order valence-electron chi connectivity index (χ4n) is 2.27. The molecule has 1 fully saturated rings. The number of allylic oxidation sites excluding steroid dienone is 1. The lowest BCUT2D eigenvalue weighted by Gasteiger charge is -2.36. The molecular weight excluding hydrogens is 256 g/mol. The second-order valence-electron chi connectivity index (χ2n) is 4.48. The lowest BCUT2D eigenvalue weighted by Crippen LogP contribution is -2.48. The van der Waals surface area contributed by atoms with Crippen LogP contribution >= 0.6 is 0 Å². The number of benzene rings is 1. The molecule has 0 aromatic heterocycles. The molecule has 20 heavy (non-hydrogen) atoms. The number of hydrogen-bond acceptors (Lipinski definition) is 4. The van der Waals surface area contributed by atoms with Crippen LogP contribution in [-0.2, 0) is 9.59 Å². The van der Waals surface area contributed by atoms with E-state index in [0.717, 1.165) is 12.0 Å². The average Bonchev–Trinajstić information content (AvgIpc) is 2.52. The predicted molar refractivity (Wildman–Crippen MR) is 75.8 cm³/mol. The van der Waals surface area contributed by atoms with Crippen LogP contribution in [0.1, 0.15) is 10.4 Å². The second-order valence-corrected chi connectivity index (χ2v) is 4.48. The number of para-hydroxylation sites is 1. The van der Waals surface area contributed by atoms with Gasteiger partial charge in [-0.05, 0) is 18.2 Å². The summed E-state index contributed by atoms with van der Waals surface area (Å²) in [6.45, 7) is 2.50. The Kier molecular flexibility index (Phi) is 4.65. The van der Waals surface area contributed by atoms with Gasteiger partial charge in [-0.25, -0.2) is 0 Å². The van der Waals surface area contributed by atoms with Crippen molar-refractivity contribution in [3.8, 4) is 0 Å². The third kappa shape index (κ3) is 3.12. The van der Waals surface area contributed by atoms with Gasteiger partial charge in [0.05, 0.1) is 0 Å². The topological polar surface area (TPSA) is 57.7 Å². The lowest BCUT2D eigenvalue weighted by molar-refractivity contribution is -0.126. The zero-order valence-electron chi connectivity index (χ0n) is 11.1. The van der Waals surface area contributed by atoms with Crippen LogP contribution in [-0.4, -0.2) is 49.6 Å². The molecule has 0 saturated carbocycles. The third-order valence-corrected chi connectivity index (χ3v) is 3.31. The van der Waals surface area contributed by atoms with Crippen LogP contribution in [0.2, 0.25) is 0 Å². The van der Waals surface area contributed by atoms with E-state index in [2.05, 4.69) is 4.90 Å². The first-order valence-corrected chi connectivity index (χ1v) is 6.46. The number of anilines is 1. The van der Waals surface area contributed by atoms with Gasteiger partial charge >= 0.3 is 0 Å². The number of rotatable bonds is 4. The first kappa shape index (κ1) is 14.0. The molecule has 1 aromatic rings. The number of carbonyl (C=O) groups is 3. The lowest BCUT2D eigenvalue weighted by atomic mass is 10.1. The van der Waals surface area contributed by atoms with Crippen LogP contribution in [0.4, 0.5) is 5.69 Å². The van der Waals surface area contributed by atoms with Gasteiger partial charge in [-0.15, -0.1) is 0 Å². The molecule has 2 rings (SSSR count). The number of nitrogens with zero attached hydrogens (tertiary/aromatic N) is 2. The monoisotopic (exact) mass is 272 g/mol. The minimum absolute atomic E-state index is 0.152. The molecule has 1 amide bonds. The van der Waals surface area contributed by atoms with Crippen molar-refractivity contribution in [1.29, 1.82) is 0 Å². The number of aldehydes is 2. The first-order valence-electron chi connectivity index (χ1n) is 6.46. The van der Waals surface area contributed by atoms with E-state index in [1.165, 1.54) is 12.2 Å². The summed E-state index contributed by atoms with van der Waals surface area (Å²) in [6.07, 6.45) is 3.92. The molecule has 0 atom stereocenters. The van der Waals surface area contributed by atoms with Gasteiger partial charge < -0.3 is 9.80 Å². The van der Waals surface area contributed by atoms with Gasteiger partial charge in [0.2, 0.25) is 5.91 Å². The summed E-state index contributed by atoms with van der Waals surface area (Å²) in [7, 11) is 0. The van der Waals surface area contributed by atoms with Crippen molar-refractivity contribution in [1.82, 2.24) is 4.90 Å². The van der Waals surface area contributed by atoms with Crippen molar-refractivity contribution in [2.45, 2.75) is 0 Å². The standard InChI is InChI=1S/C15H16N2O3/c18-11-3-6-15(20)17-9-7-16(8-10-17)14-5-2-1-4-13(14)12-19/h1-6,11-12H,7-10H2/b6-3-. The summed E-state index contributed by atoms with van der Waals surface area (Å²) in [5.74, 6) is -0.152. The van der Waals surface area contributed by atoms with Crippen LogP contribution in [0.5, 0.6) is 0 Å². The van der Waals surface area contributed by atoms with Crippen molar-refractivity contribution in [3.05, 3.63) is 42.0 Å². The van der Waals surface area contributed by atoms with Crippen molar-refractivity contribution in [3.63, 3.8) is 0 Å². The van der Waals surface area contributed by atoms with E-state index in [9.17, 15) is 14.4 Å². The Morgan fingerprint density at radius 2 is 1.75 bits per heavy atom. The quantitative estimate of drug-likeness (QED) is 0.603. The summed E-state index contributed by atoms with van der Waals surface area (Å²) in [5.41, 5.74) is 1.56. The Morgan fingerprint density at radius 1 is 1.05 bits per heavy atom. The molecule has 1 aliphatic rings. The van der Waals surface area contributed by atoms with E-state index in [1.807, 2.05) is 18.2 Å². The average molecular weight is 272 g/mol. The number of piperazine rings is 1. The Morgan fingerprint density at radius 3 is 2.40 bits per heavy atom. The highest BCUT2D eigenvalue weighted by Crippen LogP contribution is 2.20. The normalized spacial score (nSPS) is 15.4. The summed E-state index contributed by atoms with van der Waals surface area (Å²) in [4.78, 5) is 36.7. The molecule has 1 saturated heterocycles. The molecule has 1 aromatic carbocycles. The predicted octanol–water partition coefficient (Wildman–Crippen LogP) is 0.903. The Hall–Kier alpha value is -2.43. The molecular formula is C15H16N2O3. The van der Waals surface area contributed by atoms with Crippen LogP contribution in [0, 0.1) is 0 Å². The molecule has 1 heterocycles. The van der Waals surface area contributed by atoms with Crippen molar-refractivity contribution >= 4 is 24.2 Å². The largest absolute Gasteiger partial charge is 0.367 e. The smallest absolute Gasteiger partial charge is 0.246 e. The fourth-order valence-corrected chi connectivity index (χ4v) is 2.27. The van der Waals surface area contributed by atoms with E-state index in [-0.39, 0.29) is 5.91 Å². The Labute approximate surface area is 117 Å². The zero-order chi connectivity index (χ0) is 14.4. The van der Waals surface area contributed by atoms with E-state index in [1.54, 1.807) is 11.0 Å². The van der Waals surface area contributed by atoms with Crippen molar-refractivity contribution in [2.75, 3.05) is 31.1 Å². The maximum absolute atomic E-state index is 11.7.